The molecule has 0 bridgehead atoms. The van der Waals surface area contributed by atoms with Crippen molar-refractivity contribution in [3.05, 3.63) is 0 Å². The third-order valence-corrected chi connectivity index (χ3v) is 2.35. The van der Waals surface area contributed by atoms with Crippen molar-refractivity contribution in [3.8, 4) is 0 Å². The van der Waals surface area contributed by atoms with Crippen molar-refractivity contribution in [2.75, 3.05) is 13.7 Å². The van der Waals surface area contributed by atoms with E-state index in [0.29, 0.717) is 18.5 Å². The highest BCUT2D eigenvalue weighted by atomic mass is 16.5. The van der Waals surface area contributed by atoms with Crippen LogP contribution in [0.4, 0.5) is 0 Å². The number of nitrogens with zero attached hydrogens (tertiary/aromatic N) is 1. The molecule has 0 N–H and O–H groups in total. The Balaban J connectivity index is 3.78. The lowest BCUT2D eigenvalue weighted by Crippen LogP contribution is -2.37. The zero-order valence-corrected chi connectivity index (χ0v) is 10.0. The summed E-state index contributed by atoms with van der Waals surface area (Å²) in [5.74, 6) is -0.113. The second kappa shape index (κ2) is 6.82. The van der Waals surface area contributed by atoms with Gasteiger partial charge in [-0.05, 0) is 40.7 Å². The number of rotatable bonds is 6. The summed E-state index contributed by atoms with van der Waals surface area (Å²) in [5, 5.41) is 0. The van der Waals surface area contributed by atoms with Crippen molar-refractivity contribution < 1.29 is 9.53 Å². The summed E-state index contributed by atoms with van der Waals surface area (Å²) in [6.45, 7) is 9.68. The molecule has 84 valence electrons. The molecule has 0 atom stereocenters. The van der Waals surface area contributed by atoms with E-state index in [-0.39, 0.29) is 5.97 Å². The SMILES string of the molecule is COC(=O)CCCN(C(C)C)C(C)C. The highest BCUT2D eigenvalue weighted by molar-refractivity contribution is 5.69. The van der Waals surface area contributed by atoms with Gasteiger partial charge in [-0.3, -0.25) is 9.69 Å². The quantitative estimate of drug-likeness (QED) is 0.616. The zero-order chi connectivity index (χ0) is 11.1. The molecule has 0 fully saturated rings. The van der Waals surface area contributed by atoms with Gasteiger partial charge in [0, 0.05) is 18.5 Å². The molecule has 14 heavy (non-hydrogen) atoms. The standard InChI is InChI=1S/C11H23NO2/c1-9(2)12(10(3)4)8-6-7-11(13)14-5/h9-10H,6-8H2,1-5H3. The molecule has 0 aliphatic heterocycles. The van der Waals surface area contributed by atoms with Gasteiger partial charge in [-0.25, -0.2) is 0 Å². The number of hydrogen-bond acceptors (Lipinski definition) is 3. The predicted molar refractivity (Wildman–Crippen MR) is 58.2 cm³/mol. The molecular formula is C11H23NO2. The number of esters is 1. The fourth-order valence-electron chi connectivity index (χ4n) is 1.62. The Morgan fingerprint density at radius 3 is 2.07 bits per heavy atom. The summed E-state index contributed by atoms with van der Waals surface area (Å²) >= 11 is 0. The average molecular weight is 201 g/mol. The van der Waals surface area contributed by atoms with Crippen molar-refractivity contribution in [3.63, 3.8) is 0 Å². The number of carbonyl (C=O) groups excluding carboxylic acids is 1. The van der Waals surface area contributed by atoms with Gasteiger partial charge in [-0.1, -0.05) is 0 Å². The smallest absolute Gasteiger partial charge is 0.305 e. The molecule has 0 saturated heterocycles. The minimum absolute atomic E-state index is 0.113. The molecule has 0 aromatic heterocycles. The molecule has 3 nitrogen and oxygen atoms in total. The van der Waals surface area contributed by atoms with Crippen molar-refractivity contribution in [2.24, 2.45) is 0 Å². The Morgan fingerprint density at radius 2 is 1.71 bits per heavy atom. The summed E-state index contributed by atoms with van der Waals surface area (Å²) in [5.41, 5.74) is 0. The van der Waals surface area contributed by atoms with Crippen LogP contribution in [-0.2, 0) is 9.53 Å². The van der Waals surface area contributed by atoms with Crippen LogP contribution >= 0.6 is 0 Å². The number of ether oxygens (including phenoxy) is 1. The lowest BCUT2D eigenvalue weighted by molar-refractivity contribution is -0.140. The highest BCUT2D eigenvalue weighted by Gasteiger charge is 2.13. The summed E-state index contributed by atoms with van der Waals surface area (Å²) in [6, 6.07) is 1.07. The molecular weight excluding hydrogens is 178 g/mol. The molecule has 0 radical (unpaired) electrons. The van der Waals surface area contributed by atoms with E-state index in [1.807, 2.05) is 0 Å². The van der Waals surface area contributed by atoms with Crippen LogP contribution in [0.1, 0.15) is 40.5 Å². The summed E-state index contributed by atoms with van der Waals surface area (Å²) in [4.78, 5) is 13.3. The van der Waals surface area contributed by atoms with Crippen LogP contribution < -0.4 is 0 Å². The highest BCUT2D eigenvalue weighted by Crippen LogP contribution is 2.07. The van der Waals surface area contributed by atoms with E-state index in [4.69, 9.17) is 0 Å². The first-order valence-corrected chi connectivity index (χ1v) is 5.31. The lowest BCUT2D eigenvalue weighted by atomic mass is 10.2. The normalized spacial score (nSPS) is 11.4. The summed E-state index contributed by atoms with van der Waals surface area (Å²) in [7, 11) is 1.44. The van der Waals surface area contributed by atoms with Crippen LogP contribution in [0.5, 0.6) is 0 Å². The van der Waals surface area contributed by atoms with Gasteiger partial charge in [0.05, 0.1) is 7.11 Å². The maximum absolute atomic E-state index is 10.9. The van der Waals surface area contributed by atoms with E-state index in [1.54, 1.807) is 0 Å². The Labute approximate surface area is 87.4 Å². The monoisotopic (exact) mass is 201 g/mol. The molecule has 0 rings (SSSR count). The molecule has 0 heterocycles. The van der Waals surface area contributed by atoms with Crippen molar-refractivity contribution in [1.29, 1.82) is 0 Å². The first-order valence-electron chi connectivity index (χ1n) is 5.31. The van der Waals surface area contributed by atoms with E-state index in [2.05, 4.69) is 37.3 Å². The fraction of sp³-hybridized carbons (Fsp3) is 0.909. The van der Waals surface area contributed by atoms with Crippen LogP contribution in [0.3, 0.4) is 0 Å². The third-order valence-electron chi connectivity index (χ3n) is 2.35. The molecule has 3 heteroatoms. The second-order valence-electron chi connectivity index (χ2n) is 4.11. The number of hydrogen-bond donors (Lipinski definition) is 0. The average Bonchev–Trinajstić information content (AvgIpc) is 2.10. The summed E-state index contributed by atoms with van der Waals surface area (Å²) in [6.07, 6.45) is 1.40. The van der Waals surface area contributed by atoms with Gasteiger partial charge >= 0.3 is 5.97 Å². The Hall–Kier alpha value is -0.570. The molecule has 0 aromatic carbocycles. The fourth-order valence-corrected chi connectivity index (χ4v) is 1.62. The molecule has 0 aliphatic rings. The minimum atomic E-state index is -0.113. The second-order valence-corrected chi connectivity index (χ2v) is 4.11. The van der Waals surface area contributed by atoms with Crippen LogP contribution in [0.2, 0.25) is 0 Å². The maximum Gasteiger partial charge on any atom is 0.305 e. The van der Waals surface area contributed by atoms with Gasteiger partial charge in [0.25, 0.3) is 0 Å². The van der Waals surface area contributed by atoms with Gasteiger partial charge in [0.15, 0.2) is 0 Å². The topological polar surface area (TPSA) is 29.5 Å². The first-order chi connectivity index (χ1) is 6.49. The lowest BCUT2D eigenvalue weighted by Gasteiger charge is -2.30. The van der Waals surface area contributed by atoms with Gasteiger partial charge in [-0.15, -0.1) is 0 Å². The van der Waals surface area contributed by atoms with Gasteiger partial charge in [0.1, 0.15) is 0 Å². The largest absolute Gasteiger partial charge is 0.469 e. The molecule has 0 amide bonds. The Bertz CT molecular complexity index is 159. The van der Waals surface area contributed by atoms with Crippen LogP contribution in [0.15, 0.2) is 0 Å². The van der Waals surface area contributed by atoms with E-state index < -0.39 is 0 Å². The van der Waals surface area contributed by atoms with Crippen molar-refractivity contribution >= 4 is 5.97 Å². The van der Waals surface area contributed by atoms with Crippen molar-refractivity contribution in [1.82, 2.24) is 4.90 Å². The molecule has 0 unspecified atom stereocenters. The van der Waals surface area contributed by atoms with Crippen LogP contribution in [-0.4, -0.2) is 36.6 Å². The van der Waals surface area contributed by atoms with E-state index >= 15 is 0 Å². The van der Waals surface area contributed by atoms with Gasteiger partial charge in [0.2, 0.25) is 0 Å². The molecule has 0 aromatic rings. The van der Waals surface area contributed by atoms with E-state index in [9.17, 15) is 4.79 Å². The van der Waals surface area contributed by atoms with Crippen LogP contribution in [0, 0.1) is 0 Å². The third kappa shape index (κ3) is 5.22. The maximum atomic E-state index is 10.9. The molecule has 0 spiro atoms. The zero-order valence-electron chi connectivity index (χ0n) is 10.0. The Kier molecular flexibility index (Phi) is 6.54. The van der Waals surface area contributed by atoms with Crippen LogP contribution in [0.25, 0.3) is 0 Å². The Morgan fingerprint density at radius 1 is 1.21 bits per heavy atom. The predicted octanol–water partition coefficient (Wildman–Crippen LogP) is 2.06. The molecule has 0 saturated carbocycles. The molecule has 0 aliphatic carbocycles. The number of methoxy groups -OCH3 is 1. The van der Waals surface area contributed by atoms with Gasteiger partial charge < -0.3 is 4.74 Å². The van der Waals surface area contributed by atoms with Gasteiger partial charge in [-0.2, -0.15) is 0 Å². The number of carbonyl (C=O) groups is 1. The summed E-state index contributed by atoms with van der Waals surface area (Å²) < 4.78 is 4.60. The van der Waals surface area contributed by atoms with Crippen molar-refractivity contribution in [2.45, 2.75) is 52.6 Å². The first kappa shape index (κ1) is 13.4. The van der Waals surface area contributed by atoms with E-state index in [0.717, 1.165) is 13.0 Å². The minimum Gasteiger partial charge on any atom is -0.469 e. The van der Waals surface area contributed by atoms with E-state index in [1.165, 1.54) is 7.11 Å².